The monoisotopic (exact) mass is 327 g/mol. The first-order valence-electron chi connectivity index (χ1n) is 7.71. The van der Waals surface area contributed by atoms with Crippen molar-refractivity contribution in [2.24, 2.45) is 5.41 Å². The number of carbonyl (C=O) groups is 2. The maximum absolute atomic E-state index is 12.3. The highest BCUT2D eigenvalue weighted by molar-refractivity contribution is 6.48. The zero-order valence-electron chi connectivity index (χ0n) is 14.4. The smallest absolute Gasteiger partial charge is 0.340 e. The summed E-state index contributed by atoms with van der Waals surface area (Å²) in [6, 6.07) is 0. The second kappa shape index (κ2) is 7.92. The lowest BCUT2D eigenvalue weighted by Gasteiger charge is -2.34. The Morgan fingerprint density at radius 2 is 2.00 bits per heavy atom. The van der Waals surface area contributed by atoms with Crippen LogP contribution in [-0.4, -0.2) is 33.7 Å². The fraction of sp³-hybridized carbons (Fsp3) is 0.750. The first kappa shape index (κ1) is 18.9. The van der Waals surface area contributed by atoms with Gasteiger partial charge in [0.05, 0.1) is 12.2 Å². The standard InChI is InChI=1S/C16H27O5Si/c1-7-8-14(17)20-12-9-13(16(2,3)4)21-15(18)11(12)10-19-22(5)6/h13H,7-10H2,1-6H3. The molecule has 0 aromatic rings. The fourth-order valence-electron chi connectivity index (χ4n) is 1.98. The molecule has 125 valence electrons. The second-order valence-corrected chi connectivity index (χ2v) is 8.89. The van der Waals surface area contributed by atoms with E-state index in [4.69, 9.17) is 13.9 Å². The van der Waals surface area contributed by atoms with Crippen molar-refractivity contribution in [3.05, 3.63) is 11.3 Å². The molecule has 0 saturated carbocycles. The number of cyclic esters (lactones) is 1. The number of carbonyl (C=O) groups excluding carboxylic acids is 2. The number of ether oxygens (including phenoxy) is 2. The van der Waals surface area contributed by atoms with E-state index in [9.17, 15) is 9.59 Å². The molecule has 5 nitrogen and oxygen atoms in total. The van der Waals surface area contributed by atoms with E-state index in [1.807, 2.05) is 40.8 Å². The number of rotatable bonds is 6. The molecule has 0 spiro atoms. The molecular formula is C16H27O5Si. The lowest BCUT2D eigenvalue weighted by Crippen LogP contribution is -2.38. The van der Waals surface area contributed by atoms with Crippen LogP contribution in [0.25, 0.3) is 0 Å². The SMILES string of the molecule is CCCC(=O)OC1=C(CO[Si](C)C)C(=O)OC(C(C)(C)C)C1. The molecule has 1 unspecified atom stereocenters. The Labute approximate surface area is 134 Å². The van der Waals surface area contributed by atoms with E-state index >= 15 is 0 Å². The third kappa shape index (κ3) is 5.57. The molecule has 1 aliphatic heterocycles. The van der Waals surface area contributed by atoms with E-state index in [-0.39, 0.29) is 24.1 Å². The molecule has 0 saturated heterocycles. The molecule has 0 fully saturated rings. The molecule has 1 radical (unpaired) electrons. The van der Waals surface area contributed by atoms with E-state index in [0.29, 0.717) is 30.6 Å². The molecule has 0 aliphatic carbocycles. The van der Waals surface area contributed by atoms with Gasteiger partial charge >= 0.3 is 11.9 Å². The van der Waals surface area contributed by atoms with Crippen molar-refractivity contribution in [2.75, 3.05) is 6.61 Å². The molecule has 1 atom stereocenters. The largest absolute Gasteiger partial charge is 0.458 e. The molecule has 1 aliphatic rings. The van der Waals surface area contributed by atoms with Gasteiger partial charge in [0, 0.05) is 12.8 Å². The highest BCUT2D eigenvalue weighted by Gasteiger charge is 2.37. The van der Waals surface area contributed by atoms with Crippen LogP contribution in [0.15, 0.2) is 11.3 Å². The first-order chi connectivity index (χ1) is 10.1. The van der Waals surface area contributed by atoms with Crippen molar-refractivity contribution >= 4 is 21.0 Å². The van der Waals surface area contributed by atoms with Crippen LogP contribution in [0.2, 0.25) is 13.1 Å². The number of hydrogen-bond acceptors (Lipinski definition) is 5. The normalized spacial score (nSPS) is 19.4. The predicted molar refractivity (Wildman–Crippen MR) is 85.4 cm³/mol. The zero-order chi connectivity index (χ0) is 16.9. The number of hydrogen-bond donors (Lipinski definition) is 0. The highest BCUT2D eigenvalue weighted by atomic mass is 28.3. The minimum atomic E-state index is -0.942. The van der Waals surface area contributed by atoms with E-state index in [1.54, 1.807) is 0 Å². The minimum Gasteiger partial charge on any atom is -0.458 e. The Hall–Kier alpha value is -1.14. The van der Waals surface area contributed by atoms with Crippen LogP contribution in [0, 0.1) is 5.41 Å². The van der Waals surface area contributed by atoms with Gasteiger partial charge in [0.15, 0.2) is 0 Å². The van der Waals surface area contributed by atoms with Crippen LogP contribution in [0.4, 0.5) is 0 Å². The molecule has 1 heterocycles. The molecule has 0 aromatic carbocycles. The van der Waals surface area contributed by atoms with E-state index in [2.05, 4.69) is 0 Å². The highest BCUT2D eigenvalue weighted by Crippen LogP contribution is 2.33. The summed E-state index contributed by atoms with van der Waals surface area (Å²) < 4.78 is 16.6. The molecule has 0 amide bonds. The summed E-state index contributed by atoms with van der Waals surface area (Å²) in [6.07, 6.45) is 1.16. The van der Waals surface area contributed by atoms with Crippen molar-refractivity contribution in [3.63, 3.8) is 0 Å². The third-order valence-corrected chi connectivity index (χ3v) is 4.09. The van der Waals surface area contributed by atoms with Crippen LogP contribution in [0.3, 0.4) is 0 Å². The fourth-order valence-corrected chi connectivity index (χ4v) is 2.42. The summed E-state index contributed by atoms with van der Waals surface area (Å²) in [7, 11) is -0.942. The van der Waals surface area contributed by atoms with Gasteiger partial charge < -0.3 is 13.9 Å². The summed E-state index contributed by atoms with van der Waals surface area (Å²) in [5.74, 6) is -0.331. The minimum absolute atomic E-state index is 0.145. The average molecular weight is 327 g/mol. The molecule has 6 heteroatoms. The van der Waals surface area contributed by atoms with E-state index < -0.39 is 15.0 Å². The van der Waals surface area contributed by atoms with Crippen molar-refractivity contribution in [1.29, 1.82) is 0 Å². The molecule has 0 bridgehead atoms. The van der Waals surface area contributed by atoms with Gasteiger partial charge in [-0.15, -0.1) is 0 Å². The lowest BCUT2D eigenvalue weighted by molar-refractivity contribution is -0.155. The number of esters is 2. The van der Waals surface area contributed by atoms with Crippen molar-refractivity contribution in [3.8, 4) is 0 Å². The lowest BCUT2D eigenvalue weighted by atomic mass is 9.85. The molecule has 0 N–H and O–H groups in total. The summed E-state index contributed by atoms with van der Waals surface area (Å²) in [4.78, 5) is 24.1. The van der Waals surface area contributed by atoms with Crippen LogP contribution in [0.1, 0.15) is 47.0 Å². The van der Waals surface area contributed by atoms with Crippen molar-refractivity contribution < 1.29 is 23.5 Å². The Balaban J connectivity index is 2.99. The molecule has 0 aromatic heterocycles. The Morgan fingerprint density at radius 3 is 2.50 bits per heavy atom. The van der Waals surface area contributed by atoms with Gasteiger partial charge in [0.25, 0.3) is 0 Å². The van der Waals surface area contributed by atoms with Gasteiger partial charge in [0.2, 0.25) is 9.04 Å². The topological polar surface area (TPSA) is 61.8 Å². The van der Waals surface area contributed by atoms with Gasteiger partial charge in [-0.3, -0.25) is 4.79 Å². The molecule has 22 heavy (non-hydrogen) atoms. The Morgan fingerprint density at radius 1 is 1.36 bits per heavy atom. The third-order valence-electron chi connectivity index (χ3n) is 3.37. The van der Waals surface area contributed by atoms with E-state index in [0.717, 1.165) is 0 Å². The van der Waals surface area contributed by atoms with Crippen molar-refractivity contribution in [1.82, 2.24) is 0 Å². The molecule has 1 rings (SSSR count). The quantitative estimate of drug-likeness (QED) is 0.554. The Bertz CT molecular complexity index is 448. The second-order valence-electron chi connectivity index (χ2n) is 6.79. The molecular weight excluding hydrogens is 300 g/mol. The van der Waals surface area contributed by atoms with Gasteiger partial charge in [-0.25, -0.2) is 4.79 Å². The summed E-state index contributed by atoms with van der Waals surface area (Å²) in [6.45, 7) is 12.0. The van der Waals surface area contributed by atoms with Crippen LogP contribution in [-0.2, 0) is 23.5 Å². The van der Waals surface area contributed by atoms with Gasteiger partial charge in [-0.2, -0.15) is 0 Å². The summed E-state index contributed by atoms with van der Waals surface area (Å²) in [5, 5.41) is 0. The van der Waals surface area contributed by atoms with Crippen LogP contribution >= 0.6 is 0 Å². The predicted octanol–water partition coefficient (Wildman–Crippen LogP) is 3.21. The first-order valence-corrected chi connectivity index (χ1v) is 10.1. The van der Waals surface area contributed by atoms with Crippen LogP contribution < -0.4 is 0 Å². The maximum atomic E-state index is 12.3. The van der Waals surface area contributed by atoms with E-state index in [1.165, 1.54) is 0 Å². The summed E-state index contributed by atoms with van der Waals surface area (Å²) in [5.41, 5.74) is 0.130. The summed E-state index contributed by atoms with van der Waals surface area (Å²) >= 11 is 0. The van der Waals surface area contributed by atoms with Gasteiger partial charge in [0.1, 0.15) is 11.9 Å². The van der Waals surface area contributed by atoms with Crippen molar-refractivity contribution in [2.45, 2.75) is 66.2 Å². The van der Waals surface area contributed by atoms with Gasteiger partial charge in [-0.05, 0) is 24.9 Å². The van der Waals surface area contributed by atoms with Crippen LogP contribution in [0.5, 0.6) is 0 Å². The Kier molecular flexibility index (Phi) is 6.81. The maximum Gasteiger partial charge on any atom is 0.340 e. The average Bonchev–Trinajstić information content (AvgIpc) is 2.36. The van der Waals surface area contributed by atoms with Gasteiger partial charge in [-0.1, -0.05) is 27.7 Å². The zero-order valence-corrected chi connectivity index (χ0v) is 15.4.